The van der Waals surface area contributed by atoms with Gasteiger partial charge in [0.1, 0.15) is 5.82 Å². The zero-order chi connectivity index (χ0) is 9.84. The van der Waals surface area contributed by atoms with E-state index in [9.17, 15) is 4.39 Å². The Morgan fingerprint density at radius 3 is 2.77 bits per heavy atom. The van der Waals surface area contributed by atoms with Gasteiger partial charge in [0, 0.05) is 0 Å². The Balaban J connectivity index is 2.88. The fourth-order valence-electron chi connectivity index (χ4n) is 0.965. The van der Waals surface area contributed by atoms with E-state index in [1.54, 1.807) is 20.0 Å². The first-order valence-electron chi connectivity index (χ1n) is 3.99. The maximum absolute atomic E-state index is 13.1. The number of hydrogen-bond acceptors (Lipinski definition) is 2. The van der Waals surface area contributed by atoms with Crippen LogP contribution >= 0.6 is 11.6 Å². The van der Waals surface area contributed by atoms with Gasteiger partial charge >= 0.3 is 0 Å². The molecule has 0 aliphatic carbocycles. The van der Waals surface area contributed by atoms with E-state index in [1.165, 1.54) is 6.07 Å². The smallest absolute Gasteiger partial charge is 0.128 e. The van der Waals surface area contributed by atoms with Gasteiger partial charge in [-0.2, -0.15) is 0 Å². The molecule has 0 aliphatic rings. The quantitative estimate of drug-likeness (QED) is 0.736. The first kappa shape index (κ1) is 10.3. The van der Waals surface area contributed by atoms with E-state index >= 15 is 0 Å². The average molecular weight is 203 g/mol. The Morgan fingerprint density at radius 1 is 1.46 bits per heavy atom. The standard InChI is InChI=1S/C9H12ClFN2/c1-6-3-7(10)9(4-8(6)11)13-5-12-2/h3-4,12-13H,5H2,1-2H3. The van der Waals surface area contributed by atoms with Crippen molar-refractivity contribution in [1.29, 1.82) is 0 Å². The first-order chi connectivity index (χ1) is 6.15. The van der Waals surface area contributed by atoms with Gasteiger partial charge in [-0.25, -0.2) is 4.39 Å². The van der Waals surface area contributed by atoms with Gasteiger partial charge in [-0.15, -0.1) is 0 Å². The van der Waals surface area contributed by atoms with Crippen LogP contribution in [0.2, 0.25) is 5.02 Å². The second-order valence-corrected chi connectivity index (χ2v) is 3.20. The van der Waals surface area contributed by atoms with Gasteiger partial charge in [0.25, 0.3) is 0 Å². The normalized spacial score (nSPS) is 10.2. The van der Waals surface area contributed by atoms with E-state index in [4.69, 9.17) is 11.6 Å². The minimum absolute atomic E-state index is 0.247. The highest BCUT2D eigenvalue weighted by Crippen LogP contribution is 2.24. The minimum atomic E-state index is -0.247. The van der Waals surface area contributed by atoms with Crippen LogP contribution in [0, 0.1) is 12.7 Å². The maximum atomic E-state index is 13.1. The Bertz CT molecular complexity index is 302. The lowest BCUT2D eigenvalue weighted by Gasteiger charge is -2.08. The second-order valence-electron chi connectivity index (χ2n) is 2.79. The molecule has 0 amide bonds. The summed E-state index contributed by atoms with van der Waals surface area (Å²) in [5.74, 6) is -0.247. The molecule has 13 heavy (non-hydrogen) atoms. The third-order valence-corrected chi connectivity index (χ3v) is 2.02. The third-order valence-electron chi connectivity index (χ3n) is 1.70. The van der Waals surface area contributed by atoms with E-state index in [0.717, 1.165) is 0 Å². The summed E-state index contributed by atoms with van der Waals surface area (Å²) >= 11 is 5.88. The molecule has 0 saturated carbocycles. The van der Waals surface area contributed by atoms with Crippen LogP contribution in [0.25, 0.3) is 0 Å². The summed E-state index contributed by atoms with van der Waals surface area (Å²) in [7, 11) is 1.80. The predicted molar refractivity (Wildman–Crippen MR) is 53.7 cm³/mol. The molecule has 0 bridgehead atoms. The number of benzene rings is 1. The van der Waals surface area contributed by atoms with Gasteiger partial charge < -0.3 is 10.6 Å². The van der Waals surface area contributed by atoms with Crippen molar-refractivity contribution in [2.75, 3.05) is 19.0 Å². The van der Waals surface area contributed by atoms with Gasteiger partial charge in [-0.05, 0) is 31.7 Å². The molecule has 0 unspecified atom stereocenters. The van der Waals surface area contributed by atoms with Gasteiger partial charge in [-0.1, -0.05) is 11.6 Å². The van der Waals surface area contributed by atoms with Crippen LogP contribution in [0.3, 0.4) is 0 Å². The van der Waals surface area contributed by atoms with Crippen molar-refractivity contribution in [3.63, 3.8) is 0 Å². The summed E-state index contributed by atoms with van der Waals surface area (Å²) in [4.78, 5) is 0. The Hall–Kier alpha value is -0.800. The first-order valence-corrected chi connectivity index (χ1v) is 4.37. The van der Waals surface area contributed by atoms with Crippen LogP contribution in [-0.4, -0.2) is 13.7 Å². The zero-order valence-electron chi connectivity index (χ0n) is 7.62. The molecule has 0 heterocycles. The highest BCUT2D eigenvalue weighted by Gasteiger charge is 2.04. The molecule has 0 radical (unpaired) electrons. The summed E-state index contributed by atoms with van der Waals surface area (Å²) in [6, 6.07) is 3.00. The minimum Gasteiger partial charge on any atom is -0.371 e. The van der Waals surface area contributed by atoms with Crippen LogP contribution in [-0.2, 0) is 0 Å². The lowest BCUT2D eigenvalue weighted by atomic mass is 10.2. The lowest BCUT2D eigenvalue weighted by Crippen LogP contribution is -2.17. The Kier molecular flexibility index (Phi) is 3.51. The number of rotatable bonds is 3. The van der Waals surface area contributed by atoms with Crippen molar-refractivity contribution in [3.05, 3.63) is 28.5 Å². The molecule has 2 N–H and O–H groups in total. The molecule has 0 aromatic heterocycles. The van der Waals surface area contributed by atoms with Crippen molar-refractivity contribution >= 4 is 17.3 Å². The molecule has 0 saturated heterocycles. The second kappa shape index (κ2) is 4.44. The number of hydrogen-bond donors (Lipinski definition) is 2. The van der Waals surface area contributed by atoms with Crippen molar-refractivity contribution in [1.82, 2.24) is 5.32 Å². The molecule has 0 fully saturated rings. The molecule has 0 spiro atoms. The molecule has 0 atom stereocenters. The van der Waals surface area contributed by atoms with Gasteiger partial charge in [0.15, 0.2) is 0 Å². The van der Waals surface area contributed by atoms with Gasteiger partial charge in [-0.3, -0.25) is 0 Å². The maximum Gasteiger partial charge on any atom is 0.128 e. The molecule has 1 rings (SSSR count). The molecule has 1 aromatic carbocycles. The molecule has 0 aliphatic heterocycles. The van der Waals surface area contributed by atoms with Crippen molar-refractivity contribution in [2.24, 2.45) is 0 Å². The van der Waals surface area contributed by atoms with E-state index in [-0.39, 0.29) is 5.82 Å². The van der Waals surface area contributed by atoms with Crippen molar-refractivity contribution < 1.29 is 4.39 Å². The zero-order valence-corrected chi connectivity index (χ0v) is 8.37. The predicted octanol–water partition coefficient (Wildman–Crippen LogP) is 2.38. The van der Waals surface area contributed by atoms with Crippen LogP contribution in [0.4, 0.5) is 10.1 Å². The van der Waals surface area contributed by atoms with Crippen LogP contribution < -0.4 is 10.6 Å². The average Bonchev–Trinajstić information content (AvgIpc) is 2.09. The molecular weight excluding hydrogens is 191 g/mol. The van der Waals surface area contributed by atoms with E-state index in [1.807, 2.05) is 0 Å². The summed E-state index contributed by atoms with van der Waals surface area (Å²) in [6.07, 6.45) is 0. The summed E-state index contributed by atoms with van der Waals surface area (Å²) < 4.78 is 13.1. The molecular formula is C9H12ClFN2. The van der Waals surface area contributed by atoms with E-state index in [0.29, 0.717) is 22.9 Å². The molecule has 1 aromatic rings. The van der Waals surface area contributed by atoms with Crippen LogP contribution in [0.5, 0.6) is 0 Å². The van der Waals surface area contributed by atoms with Crippen molar-refractivity contribution in [2.45, 2.75) is 6.92 Å². The third kappa shape index (κ3) is 2.57. The fourth-order valence-corrected chi connectivity index (χ4v) is 1.25. The Morgan fingerprint density at radius 2 is 2.15 bits per heavy atom. The molecule has 4 heteroatoms. The van der Waals surface area contributed by atoms with Crippen molar-refractivity contribution in [3.8, 4) is 0 Å². The number of halogens is 2. The highest BCUT2D eigenvalue weighted by atomic mass is 35.5. The number of aryl methyl sites for hydroxylation is 1. The summed E-state index contributed by atoms with van der Waals surface area (Å²) in [5, 5.41) is 6.37. The fraction of sp³-hybridized carbons (Fsp3) is 0.333. The highest BCUT2D eigenvalue weighted by molar-refractivity contribution is 6.33. The lowest BCUT2D eigenvalue weighted by molar-refractivity contribution is 0.619. The topological polar surface area (TPSA) is 24.1 Å². The summed E-state index contributed by atoms with van der Waals surface area (Å²) in [5.41, 5.74) is 1.17. The molecule has 72 valence electrons. The number of anilines is 1. The van der Waals surface area contributed by atoms with Crippen LogP contribution in [0.1, 0.15) is 5.56 Å². The largest absolute Gasteiger partial charge is 0.371 e. The molecule has 2 nitrogen and oxygen atoms in total. The monoisotopic (exact) mass is 202 g/mol. The van der Waals surface area contributed by atoms with E-state index < -0.39 is 0 Å². The van der Waals surface area contributed by atoms with Crippen LogP contribution in [0.15, 0.2) is 12.1 Å². The summed E-state index contributed by atoms with van der Waals surface area (Å²) in [6.45, 7) is 2.24. The number of nitrogens with one attached hydrogen (secondary N) is 2. The SMILES string of the molecule is CNCNc1cc(F)c(C)cc1Cl. The van der Waals surface area contributed by atoms with E-state index in [2.05, 4.69) is 10.6 Å². The van der Waals surface area contributed by atoms with Gasteiger partial charge in [0.05, 0.1) is 17.4 Å². The van der Waals surface area contributed by atoms with Gasteiger partial charge in [0.2, 0.25) is 0 Å². The Labute approximate surface area is 82.1 Å².